The molecule has 0 atom stereocenters. The molecule has 1 aromatic heterocycles. The maximum Gasteiger partial charge on any atom is 0.253 e. The van der Waals surface area contributed by atoms with Gasteiger partial charge in [-0.3, -0.25) is 9.78 Å². The third-order valence-electron chi connectivity index (χ3n) is 3.08. The maximum atomic E-state index is 12.8. The van der Waals surface area contributed by atoms with E-state index in [0.29, 0.717) is 12.1 Å². The van der Waals surface area contributed by atoms with E-state index in [4.69, 9.17) is 0 Å². The van der Waals surface area contributed by atoms with Crippen molar-refractivity contribution in [2.75, 3.05) is 11.9 Å². The number of nitrogens with one attached hydrogen (secondary N) is 2. The second-order valence-electron chi connectivity index (χ2n) is 5.39. The van der Waals surface area contributed by atoms with Crippen LogP contribution in [0.5, 0.6) is 0 Å². The molecular weight excluding hydrogens is 281 g/mol. The van der Waals surface area contributed by atoms with Crippen LogP contribution in [0.3, 0.4) is 0 Å². The summed E-state index contributed by atoms with van der Waals surface area (Å²) in [7, 11) is 0. The molecule has 2 aromatic rings. The van der Waals surface area contributed by atoms with E-state index in [9.17, 15) is 9.18 Å². The normalized spacial score (nSPS) is 10.5. The van der Waals surface area contributed by atoms with Crippen molar-refractivity contribution in [3.63, 3.8) is 0 Å². The van der Waals surface area contributed by atoms with Gasteiger partial charge in [-0.25, -0.2) is 4.39 Å². The van der Waals surface area contributed by atoms with Gasteiger partial charge in [0, 0.05) is 25.0 Å². The van der Waals surface area contributed by atoms with E-state index in [1.54, 1.807) is 30.6 Å². The molecule has 0 fully saturated rings. The molecule has 2 N–H and O–H groups in total. The van der Waals surface area contributed by atoms with E-state index in [1.807, 2.05) is 13.8 Å². The van der Waals surface area contributed by atoms with Crippen molar-refractivity contribution in [3.8, 4) is 0 Å². The average Bonchev–Trinajstić information content (AvgIpc) is 2.49. The van der Waals surface area contributed by atoms with Crippen molar-refractivity contribution in [1.82, 2.24) is 10.3 Å². The highest BCUT2D eigenvalue weighted by atomic mass is 19.1. The highest BCUT2D eigenvalue weighted by Crippen LogP contribution is 2.10. The maximum absolute atomic E-state index is 12.8. The van der Waals surface area contributed by atoms with E-state index < -0.39 is 0 Å². The van der Waals surface area contributed by atoms with Gasteiger partial charge in [-0.2, -0.15) is 0 Å². The minimum absolute atomic E-state index is 0.0857. The lowest BCUT2D eigenvalue weighted by atomic mass is 10.1. The number of hydrogen-bond acceptors (Lipinski definition) is 3. The summed E-state index contributed by atoms with van der Waals surface area (Å²) >= 11 is 0. The van der Waals surface area contributed by atoms with E-state index in [1.165, 1.54) is 12.1 Å². The SMILES string of the molecule is CC(C)NC(=O)c1cncc(NCCc2ccc(F)cc2)c1. The number of benzene rings is 1. The Morgan fingerprint density at radius 2 is 1.95 bits per heavy atom. The molecule has 116 valence electrons. The lowest BCUT2D eigenvalue weighted by Crippen LogP contribution is -2.30. The minimum Gasteiger partial charge on any atom is -0.383 e. The number of nitrogens with zero attached hydrogens (tertiary/aromatic N) is 1. The van der Waals surface area contributed by atoms with Crippen molar-refractivity contribution in [2.45, 2.75) is 26.3 Å². The van der Waals surface area contributed by atoms with E-state index in [-0.39, 0.29) is 17.8 Å². The molecular formula is C17H20FN3O. The van der Waals surface area contributed by atoms with Crippen LogP contribution in [0.25, 0.3) is 0 Å². The molecule has 2 rings (SSSR count). The Morgan fingerprint density at radius 3 is 2.64 bits per heavy atom. The molecule has 0 bridgehead atoms. The third-order valence-corrected chi connectivity index (χ3v) is 3.08. The Labute approximate surface area is 129 Å². The van der Waals surface area contributed by atoms with Crippen LogP contribution in [-0.2, 0) is 6.42 Å². The topological polar surface area (TPSA) is 54.0 Å². The summed E-state index contributed by atoms with van der Waals surface area (Å²) in [5.74, 6) is -0.366. The van der Waals surface area contributed by atoms with Gasteiger partial charge in [-0.05, 0) is 44.0 Å². The summed E-state index contributed by atoms with van der Waals surface area (Å²) in [6.45, 7) is 4.51. The summed E-state index contributed by atoms with van der Waals surface area (Å²) in [5, 5.41) is 6.05. The molecule has 4 nitrogen and oxygen atoms in total. The molecule has 0 saturated carbocycles. The Morgan fingerprint density at radius 1 is 1.23 bits per heavy atom. The second kappa shape index (κ2) is 7.54. The Bertz CT molecular complexity index is 626. The summed E-state index contributed by atoms with van der Waals surface area (Å²) in [6, 6.07) is 8.29. The number of rotatable bonds is 6. The minimum atomic E-state index is -0.232. The van der Waals surface area contributed by atoms with Gasteiger partial charge in [-0.1, -0.05) is 12.1 Å². The van der Waals surface area contributed by atoms with Gasteiger partial charge in [0.1, 0.15) is 5.82 Å². The summed E-state index contributed by atoms with van der Waals surface area (Å²) in [6.07, 6.45) is 3.99. The summed E-state index contributed by atoms with van der Waals surface area (Å²) in [5.41, 5.74) is 2.37. The first-order chi connectivity index (χ1) is 10.5. The molecule has 1 aromatic carbocycles. The second-order valence-corrected chi connectivity index (χ2v) is 5.39. The number of anilines is 1. The molecule has 0 spiro atoms. The standard InChI is InChI=1S/C17H20FN3O/c1-12(2)21-17(22)14-9-16(11-19-10-14)20-8-7-13-3-5-15(18)6-4-13/h3-6,9-12,20H,7-8H2,1-2H3,(H,21,22). The summed E-state index contributed by atoms with van der Waals surface area (Å²) in [4.78, 5) is 16.0. The fourth-order valence-electron chi connectivity index (χ4n) is 2.01. The van der Waals surface area contributed by atoms with Crippen LogP contribution in [0, 0.1) is 5.82 Å². The highest BCUT2D eigenvalue weighted by Gasteiger charge is 2.07. The van der Waals surface area contributed by atoms with Crippen molar-refractivity contribution in [1.29, 1.82) is 0 Å². The first-order valence-corrected chi connectivity index (χ1v) is 7.29. The highest BCUT2D eigenvalue weighted by molar-refractivity contribution is 5.94. The number of carbonyl (C=O) groups excluding carboxylic acids is 1. The number of halogens is 1. The van der Waals surface area contributed by atoms with Gasteiger partial charge in [0.25, 0.3) is 5.91 Å². The number of aromatic nitrogens is 1. The smallest absolute Gasteiger partial charge is 0.253 e. The fraction of sp³-hybridized carbons (Fsp3) is 0.294. The zero-order valence-electron chi connectivity index (χ0n) is 12.8. The molecule has 0 radical (unpaired) electrons. The number of pyridine rings is 1. The fourth-order valence-corrected chi connectivity index (χ4v) is 2.01. The molecule has 0 aliphatic rings. The van der Waals surface area contributed by atoms with Crippen LogP contribution in [-0.4, -0.2) is 23.5 Å². The predicted octanol–water partition coefficient (Wildman–Crippen LogP) is 3.01. The van der Waals surface area contributed by atoms with Crippen LogP contribution in [0.2, 0.25) is 0 Å². The molecule has 0 aliphatic carbocycles. The number of amides is 1. The monoisotopic (exact) mass is 301 g/mol. The lowest BCUT2D eigenvalue weighted by molar-refractivity contribution is 0.0943. The Hall–Kier alpha value is -2.43. The molecule has 1 heterocycles. The molecule has 0 saturated heterocycles. The third kappa shape index (κ3) is 4.84. The Kier molecular flexibility index (Phi) is 5.47. The van der Waals surface area contributed by atoms with Gasteiger partial charge in [0.2, 0.25) is 0 Å². The molecule has 0 aliphatic heterocycles. The van der Waals surface area contributed by atoms with Crippen LogP contribution in [0.4, 0.5) is 10.1 Å². The zero-order valence-corrected chi connectivity index (χ0v) is 12.8. The lowest BCUT2D eigenvalue weighted by Gasteiger charge is -2.10. The van der Waals surface area contributed by atoms with Crippen LogP contribution in [0.15, 0.2) is 42.7 Å². The van der Waals surface area contributed by atoms with E-state index in [0.717, 1.165) is 17.7 Å². The molecule has 5 heteroatoms. The first-order valence-electron chi connectivity index (χ1n) is 7.29. The zero-order chi connectivity index (χ0) is 15.9. The number of hydrogen-bond donors (Lipinski definition) is 2. The van der Waals surface area contributed by atoms with Gasteiger partial charge in [-0.15, -0.1) is 0 Å². The predicted molar refractivity (Wildman–Crippen MR) is 85.4 cm³/mol. The van der Waals surface area contributed by atoms with Gasteiger partial charge < -0.3 is 10.6 Å². The first kappa shape index (κ1) is 15.9. The van der Waals surface area contributed by atoms with Crippen molar-refractivity contribution in [3.05, 3.63) is 59.7 Å². The van der Waals surface area contributed by atoms with Crippen molar-refractivity contribution >= 4 is 11.6 Å². The summed E-state index contributed by atoms with van der Waals surface area (Å²) < 4.78 is 12.8. The quantitative estimate of drug-likeness (QED) is 0.862. The van der Waals surface area contributed by atoms with Crippen LogP contribution >= 0.6 is 0 Å². The molecule has 1 amide bonds. The van der Waals surface area contributed by atoms with Crippen molar-refractivity contribution < 1.29 is 9.18 Å². The molecule has 0 unspecified atom stereocenters. The average molecular weight is 301 g/mol. The van der Waals surface area contributed by atoms with Crippen LogP contribution < -0.4 is 10.6 Å². The van der Waals surface area contributed by atoms with Gasteiger partial charge >= 0.3 is 0 Å². The molecule has 22 heavy (non-hydrogen) atoms. The largest absolute Gasteiger partial charge is 0.383 e. The van der Waals surface area contributed by atoms with Crippen LogP contribution in [0.1, 0.15) is 29.8 Å². The van der Waals surface area contributed by atoms with Gasteiger partial charge in [0.05, 0.1) is 11.3 Å². The van der Waals surface area contributed by atoms with Gasteiger partial charge in [0.15, 0.2) is 0 Å². The van der Waals surface area contributed by atoms with E-state index in [2.05, 4.69) is 15.6 Å². The number of carbonyl (C=O) groups is 1. The Balaban J connectivity index is 1.90. The van der Waals surface area contributed by atoms with E-state index >= 15 is 0 Å². The van der Waals surface area contributed by atoms with Crippen molar-refractivity contribution in [2.24, 2.45) is 0 Å².